The molecule has 0 unspecified atom stereocenters. The molecule has 1 heterocycles. The topological polar surface area (TPSA) is 33.6 Å². The Morgan fingerprint density at radius 3 is 2.67 bits per heavy atom. The van der Waals surface area contributed by atoms with Crippen molar-refractivity contribution in [1.29, 1.82) is 0 Å². The first-order chi connectivity index (χ1) is 11.5. The molecule has 3 aromatic rings. The number of benzene rings is 2. The molecule has 0 radical (unpaired) electrons. The monoisotopic (exact) mass is 359 g/mol. The van der Waals surface area contributed by atoms with Crippen LogP contribution in [0.15, 0.2) is 42.5 Å². The number of aromatic nitrogens is 3. The van der Waals surface area contributed by atoms with E-state index in [2.05, 4.69) is 41.4 Å². The fourth-order valence-electron chi connectivity index (χ4n) is 3.09. The molecule has 24 heavy (non-hydrogen) atoms. The van der Waals surface area contributed by atoms with Gasteiger partial charge in [0.2, 0.25) is 0 Å². The minimum absolute atomic E-state index is 0.0763. The van der Waals surface area contributed by atoms with Crippen LogP contribution in [0.1, 0.15) is 35.2 Å². The molecular weight excluding hydrogens is 345 g/mol. The number of halogens is 2. The van der Waals surface area contributed by atoms with Gasteiger partial charge in [0, 0.05) is 5.92 Å². The van der Waals surface area contributed by atoms with Gasteiger partial charge in [0.1, 0.15) is 11.6 Å². The molecule has 4 rings (SSSR count). The predicted octanol–water partition coefficient (Wildman–Crippen LogP) is 5.30. The SMILES string of the molecule is Cc1ccc([C@H]2C[C@H]2c2n[nH]c(=S)n2-c2ccc(F)c(Cl)c2)cc1. The Bertz CT molecular complexity index is 961. The lowest BCUT2D eigenvalue weighted by Crippen LogP contribution is -2.01. The fraction of sp³-hybridized carbons (Fsp3) is 0.222. The second-order valence-corrected chi connectivity index (χ2v) is 6.97. The van der Waals surface area contributed by atoms with Crippen LogP contribution in [-0.4, -0.2) is 14.8 Å². The van der Waals surface area contributed by atoms with Gasteiger partial charge < -0.3 is 0 Å². The molecule has 1 saturated carbocycles. The van der Waals surface area contributed by atoms with Gasteiger partial charge in [0.15, 0.2) is 4.77 Å². The van der Waals surface area contributed by atoms with Gasteiger partial charge in [0.05, 0.1) is 10.7 Å². The van der Waals surface area contributed by atoms with E-state index in [4.69, 9.17) is 23.8 Å². The van der Waals surface area contributed by atoms with Crippen LogP contribution in [0, 0.1) is 17.5 Å². The molecule has 1 fully saturated rings. The second-order valence-electron chi connectivity index (χ2n) is 6.18. The van der Waals surface area contributed by atoms with Crippen molar-refractivity contribution in [2.45, 2.75) is 25.2 Å². The Hall–Kier alpha value is -1.98. The molecule has 122 valence electrons. The number of nitrogens with one attached hydrogen (secondary N) is 1. The number of H-pyrrole nitrogens is 1. The van der Waals surface area contributed by atoms with Crippen molar-refractivity contribution in [3.63, 3.8) is 0 Å². The van der Waals surface area contributed by atoms with Crippen molar-refractivity contribution < 1.29 is 4.39 Å². The van der Waals surface area contributed by atoms with E-state index in [0.717, 1.165) is 17.9 Å². The van der Waals surface area contributed by atoms with Gasteiger partial charge in [0.25, 0.3) is 0 Å². The van der Waals surface area contributed by atoms with Crippen molar-refractivity contribution in [3.05, 3.63) is 75.0 Å². The number of aryl methyl sites for hydroxylation is 1. The number of hydrogen-bond donors (Lipinski definition) is 1. The van der Waals surface area contributed by atoms with Crippen molar-refractivity contribution in [2.24, 2.45) is 0 Å². The lowest BCUT2D eigenvalue weighted by Gasteiger charge is -2.08. The zero-order valence-corrected chi connectivity index (χ0v) is 14.5. The quantitative estimate of drug-likeness (QED) is 0.643. The van der Waals surface area contributed by atoms with Crippen molar-refractivity contribution >= 4 is 23.8 Å². The Morgan fingerprint density at radius 2 is 1.96 bits per heavy atom. The molecule has 0 amide bonds. The smallest absolute Gasteiger partial charge is 0.199 e. The second kappa shape index (κ2) is 5.83. The van der Waals surface area contributed by atoms with Gasteiger partial charge >= 0.3 is 0 Å². The molecule has 0 bridgehead atoms. The van der Waals surface area contributed by atoms with E-state index in [1.807, 2.05) is 4.57 Å². The summed E-state index contributed by atoms with van der Waals surface area (Å²) in [6.45, 7) is 2.08. The highest BCUT2D eigenvalue weighted by Gasteiger charge is 2.43. The number of rotatable bonds is 3. The molecular formula is C18H15ClFN3S. The average Bonchev–Trinajstić information content (AvgIpc) is 3.26. The van der Waals surface area contributed by atoms with Crippen LogP contribution < -0.4 is 0 Å². The number of nitrogens with zero attached hydrogens (tertiary/aromatic N) is 2. The summed E-state index contributed by atoms with van der Waals surface area (Å²) in [7, 11) is 0. The van der Waals surface area contributed by atoms with E-state index in [1.54, 1.807) is 12.1 Å². The Morgan fingerprint density at radius 1 is 1.21 bits per heavy atom. The van der Waals surface area contributed by atoms with Crippen LogP contribution in [0.3, 0.4) is 0 Å². The van der Waals surface area contributed by atoms with Crippen molar-refractivity contribution in [2.75, 3.05) is 0 Å². The molecule has 3 nitrogen and oxygen atoms in total. The number of hydrogen-bond acceptors (Lipinski definition) is 2. The third-order valence-electron chi connectivity index (χ3n) is 4.49. The number of aromatic amines is 1. The zero-order chi connectivity index (χ0) is 16.8. The maximum atomic E-state index is 13.4. The third-order valence-corrected chi connectivity index (χ3v) is 5.05. The van der Waals surface area contributed by atoms with Crippen LogP contribution >= 0.6 is 23.8 Å². The largest absolute Gasteiger partial charge is 0.272 e. The molecule has 1 aliphatic carbocycles. The Labute approximate surface area is 149 Å². The summed E-state index contributed by atoms with van der Waals surface area (Å²) in [5.41, 5.74) is 3.28. The third kappa shape index (κ3) is 2.68. The van der Waals surface area contributed by atoms with Crippen LogP contribution in [0.25, 0.3) is 5.69 Å². The summed E-state index contributed by atoms with van der Waals surface area (Å²) in [6.07, 6.45) is 1.03. The van der Waals surface area contributed by atoms with Crippen LogP contribution in [-0.2, 0) is 0 Å². The van der Waals surface area contributed by atoms with Crippen LogP contribution in [0.5, 0.6) is 0 Å². The lowest BCUT2D eigenvalue weighted by molar-refractivity contribution is 0.627. The predicted molar refractivity (Wildman–Crippen MR) is 95.0 cm³/mol. The first-order valence-electron chi connectivity index (χ1n) is 7.74. The van der Waals surface area contributed by atoms with Gasteiger partial charge in [-0.2, -0.15) is 5.10 Å². The molecule has 0 saturated heterocycles. The van der Waals surface area contributed by atoms with Crippen molar-refractivity contribution in [1.82, 2.24) is 14.8 Å². The highest BCUT2D eigenvalue weighted by Crippen LogP contribution is 2.54. The van der Waals surface area contributed by atoms with Gasteiger partial charge in [-0.3, -0.25) is 9.67 Å². The molecule has 1 N–H and O–H groups in total. The minimum atomic E-state index is -0.444. The maximum Gasteiger partial charge on any atom is 0.199 e. The first kappa shape index (κ1) is 15.5. The van der Waals surface area contributed by atoms with Gasteiger partial charge in [-0.1, -0.05) is 41.4 Å². The van der Waals surface area contributed by atoms with Crippen LogP contribution in [0.4, 0.5) is 4.39 Å². The molecule has 0 aliphatic heterocycles. The standard InChI is InChI=1S/C18H15ClFN3S/c1-10-2-4-11(5-3-10)13-9-14(13)17-21-22-18(24)23(17)12-6-7-16(20)15(19)8-12/h2-8,13-14H,9H2,1H3,(H,22,24)/t13-,14-/m1/s1. The van der Waals surface area contributed by atoms with E-state index in [-0.39, 0.29) is 5.02 Å². The minimum Gasteiger partial charge on any atom is -0.272 e. The van der Waals surface area contributed by atoms with Crippen LogP contribution in [0.2, 0.25) is 5.02 Å². The highest BCUT2D eigenvalue weighted by molar-refractivity contribution is 7.71. The molecule has 2 aromatic carbocycles. The summed E-state index contributed by atoms with van der Waals surface area (Å²) in [5.74, 6) is 1.16. The molecule has 1 aliphatic rings. The Kier molecular flexibility index (Phi) is 3.77. The summed E-state index contributed by atoms with van der Waals surface area (Å²) < 4.78 is 15.8. The summed E-state index contributed by atoms with van der Waals surface area (Å²) in [6, 6.07) is 13.2. The zero-order valence-electron chi connectivity index (χ0n) is 13.0. The lowest BCUT2D eigenvalue weighted by atomic mass is 10.1. The van der Waals surface area contributed by atoms with Gasteiger partial charge in [-0.05, 0) is 55.2 Å². The van der Waals surface area contributed by atoms with Gasteiger partial charge in [-0.15, -0.1) is 0 Å². The summed E-state index contributed by atoms with van der Waals surface area (Å²) >= 11 is 11.3. The molecule has 6 heteroatoms. The summed E-state index contributed by atoms with van der Waals surface area (Å²) in [4.78, 5) is 0. The van der Waals surface area contributed by atoms with E-state index >= 15 is 0 Å². The van der Waals surface area contributed by atoms with E-state index in [9.17, 15) is 4.39 Å². The van der Waals surface area contributed by atoms with E-state index < -0.39 is 5.82 Å². The average molecular weight is 360 g/mol. The molecule has 0 spiro atoms. The molecule has 1 aromatic heterocycles. The highest BCUT2D eigenvalue weighted by atomic mass is 35.5. The fourth-order valence-corrected chi connectivity index (χ4v) is 3.51. The Balaban J connectivity index is 1.70. The molecule has 2 atom stereocenters. The van der Waals surface area contributed by atoms with Gasteiger partial charge in [-0.25, -0.2) is 4.39 Å². The summed E-state index contributed by atoms with van der Waals surface area (Å²) in [5, 5.41) is 7.34. The first-order valence-corrected chi connectivity index (χ1v) is 8.52. The normalized spacial score (nSPS) is 19.5. The van der Waals surface area contributed by atoms with E-state index in [0.29, 0.717) is 16.6 Å². The van der Waals surface area contributed by atoms with E-state index in [1.165, 1.54) is 17.2 Å². The van der Waals surface area contributed by atoms with Crippen molar-refractivity contribution in [3.8, 4) is 5.69 Å². The maximum absolute atomic E-state index is 13.4.